The molecule has 0 radical (unpaired) electrons. The summed E-state index contributed by atoms with van der Waals surface area (Å²) in [5.41, 5.74) is -0.0818. The highest BCUT2D eigenvalue weighted by molar-refractivity contribution is 5.96. The lowest BCUT2D eigenvalue weighted by Gasteiger charge is -2.45. The molecule has 3 atom stereocenters. The molecule has 2 aromatic rings. The van der Waals surface area contributed by atoms with Crippen molar-refractivity contribution in [2.45, 2.75) is 43.4 Å². The van der Waals surface area contributed by atoms with Gasteiger partial charge in [0.15, 0.2) is 0 Å². The molecule has 7 heteroatoms. The number of carbonyl (C=O) groups is 2. The first-order valence-electron chi connectivity index (χ1n) is 9.33. The van der Waals surface area contributed by atoms with Gasteiger partial charge < -0.3 is 14.9 Å². The van der Waals surface area contributed by atoms with E-state index in [0.717, 1.165) is 29.8 Å². The molecule has 3 heterocycles. The molecule has 3 unspecified atom stereocenters. The standard InChI is InChI=1S/C21H22N2O5/c1-23-14-8-9-21(23,16(20(26)27)11-19(24)25)12-15(10-14)28-18-7-6-13-4-2-3-5-17(13)22-18/h2-7,11,14-15H,8-10,12H2,1H3,(H,24,25)(H,26,27)/b16-11-. The highest BCUT2D eigenvalue weighted by atomic mass is 16.5. The minimum absolute atomic E-state index is 0.0789. The Morgan fingerprint density at radius 2 is 2.04 bits per heavy atom. The molecule has 1 aromatic heterocycles. The lowest BCUT2D eigenvalue weighted by atomic mass is 9.80. The van der Waals surface area contributed by atoms with Crippen LogP contribution in [0.1, 0.15) is 25.7 Å². The summed E-state index contributed by atoms with van der Waals surface area (Å²) in [6.45, 7) is 0. The Morgan fingerprint density at radius 1 is 1.25 bits per heavy atom. The van der Waals surface area contributed by atoms with Gasteiger partial charge in [0.25, 0.3) is 0 Å². The topological polar surface area (TPSA) is 100.0 Å². The zero-order valence-electron chi connectivity index (χ0n) is 15.5. The number of carboxylic acid groups (broad SMARTS) is 2. The largest absolute Gasteiger partial charge is 0.478 e. The average Bonchev–Trinajstić information content (AvgIpc) is 2.85. The van der Waals surface area contributed by atoms with E-state index in [1.54, 1.807) is 0 Å². The Balaban J connectivity index is 1.63. The van der Waals surface area contributed by atoms with Gasteiger partial charge in [0.1, 0.15) is 6.10 Å². The van der Waals surface area contributed by atoms with Gasteiger partial charge in [-0.25, -0.2) is 14.6 Å². The van der Waals surface area contributed by atoms with Gasteiger partial charge in [0.05, 0.1) is 16.6 Å². The highest BCUT2D eigenvalue weighted by Crippen LogP contribution is 2.48. The number of rotatable bonds is 5. The van der Waals surface area contributed by atoms with Crippen LogP contribution in [0.15, 0.2) is 48.0 Å². The summed E-state index contributed by atoms with van der Waals surface area (Å²) in [5, 5.41) is 19.9. The Morgan fingerprint density at radius 3 is 2.79 bits per heavy atom. The third kappa shape index (κ3) is 3.11. The van der Waals surface area contributed by atoms with Gasteiger partial charge in [0.2, 0.25) is 5.88 Å². The Hall–Kier alpha value is -2.93. The van der Waals surface area contributed by atoms with Crippen LogP contribution in [0.4, 0.5) is 0 Å². The predicted molar refractivity (Wildman–Crippen MR) is 102 cm³/mol. The second-order valence-electron chi connectivity index (χ2n) is 7.56. The Bertz CT molecular complexity index is 972. The molecule has 146 valence electrons. The van der Waals surface area contributed by atoms with Crippen molar-refractivity contribution >= 4 is 22.8 Å². The quantitative estimate of drug-likeness (QED) is 0.767. The summed E-state index contributed by atoms with van der Waals surface area (Å²) < 4.78 is 6.15. The van der Waals surface area contributed by atoms with E-state index in [2.05, 4.69) is 4.98 Å². The van der Waals surface area contributed by atoms with E-state index in [0.29, 0.717) is 18.7 Å². The predicted octanol–water partition coefficient (Wildman–Crippen LogP) is 2.70. The number of para-hydroxylation sites is 1. The molecule has 2 aliphatic rings. The minimum Gasteiger partial charge on any atom is -0.478 e. The van der Waals surface area contributed by atoms with E-state index in [4.69, 9.17) is 4.74 Å². The molecule has 2 bridgehead atoms. The van der Waals surface area contributed by atoms with Crippen LogP contribution >= 0.6 is 0 Å². The molecular formula is C21H22N2O5. The first-order valence-corrected chi connectivity index (χ1v) is 9.33. The summed E-state index contributed by atoms with van der Waals surface area (Å²) in [6, 6.07) is 11.7. The zero-order valence-corrected chi connectivity index (χ0v) is 15.5. The fourth-order valence-corrected chi connectivity index (χ4v) is 4.74. The number of fused-ring (bicyclic) bond motifs is 3. The van der Waals surface area contributed by atoms with Gasteiger partial charge in [-0.2, -0.15) is 0 Å². The van der Waals surface area contributed by atoms with Crippen molar-refractivity contribution in [2.75, 3.05) is 7.05 Å². The van der Waals surface area contributed by atoms with Crippen LogP contribution in [-0.4, -0.2) is 56.8 Å². The van der Waals surface area contributed by atoms with E-state index >= 15 is 0 Å². The third-order valence-corrected chi connectivity index (χ3v) is 6.07. The van der Waals surface area contributed by atoms with Gasteiger partial charge >= 0.3 is 11.9 Å². The number of carboxylic acids is 2. The van der Waals surface area contributed by atoms with E-state index in [1.165, 1.54) is 0 Å². The van der Waals surface area contributed by atoms with Gasteiger partial charge in [-0.3, -0.25) is 4.90 Å². The van der Waals surface area contributed by atoms with E-state index < -0.39 is 17.5 Å². The lowest BCUT2D eigenvalue weighted by Crippen LogP contribution is -2.55. The summed E-state index contributed by atoms with van der Waals surface area (Å²) in [4.78, 5) is 29.7. The van der Waals surface area contributed by atoms with Crippen molar-refractivity contribution in [2.24, 2.45) is 0 Å². The van der Waals surface area contributed by atoms with Crippen LogP contribution in [0, 0.1) is 0 Å². The molecule has 2 saturated heterocycles. The molecule has 2 aliphatic heterocycles. The van der Waals surface area contributed by atoms with Crippen molar-refractivity contribution < 1.29 is 24.5 Å². The van der Waals surface area contributed by atoms with Crippen molar-refractivity contribution in [3.63, 3.8) is 0 Å². The first kappa shape index (κ1) is 18.4. The van der Waals surface area contributed by atoms with Gasteiger partial charge in [-0.15, -0.1) is 0 Å². The van der Waals surface area contributed by atoms with Crippen LogP contribution in [0.3, 0.4) is 0 Å². The van der Waals surface area contributed by atoms with Crippen molar-refractivity contribution in [1.29, 1.82) is 0 Å². The number of pyridine rings is 1. The summed E-state index contributed by atoms with van der Waals surface area (Å²) >= 11 is 0. The highest BCUT2D eigenvalue weighted by Gasteiger charge is 2.54. The number of hydrogen-bond donors (Lipinski definition) is 2. The molecular weight excluding hydrogens is 360 g/mol. The first-order chi connectivity index (χ1) is 13.4. The third-order valence-electron chi connectivity index (χ3n) is 6.07. The van der Waals surface area contributed by atoms with Crippen LogP contribution in [-0.2, 0) is 9.59 Å². The summed E-state index contributed by atoms with van der Waals surface area (Å²) in [7, 11) is 1.88. The number of hydrogen-bond acceptors (Lipinski definition) is 5. The van der Waals surface area contributed by atoms with E-state index in [1.807, 2.05) is 48.3 Å². The molecule has 0 saturated carbocycles. The molecule has 2 N–H and O–H groups in total. The minimum atomic E-state index is -1.25. The molecule has 28 heavy (non-hydrogen) atoms. The number of aromatic nitrogens is 1. The van der Waals surface area contributed by atoms with Crippen LogP contribution in [0.25, 0.3) is 10.9 Å². The smallest absolute Gasteiger partial charge is 0.333 e. The second kappa shape index (κ2) is 6.91. The average molecular weight is 382 g/mol. The van der Waals surface area contributed by atoms with Crippen molar-refractivity contribution in [3.8, 4) is 5.88 Å². The fraction of sp³-hybridized carbons (Fsp3) is 0.381. The van der Waals surface area contributed by atoms with Crippen molar-refractivity contribution in [1.82, 2.24) is 9.88 Å². The van der Waals surface area contributed by atoms with Crippen molar-refractivity contribution in [3.05, 3.63) is 48.0 Å². The zero-order chi connectivity index (χ0) is 19.9. The second-order valence-corrected chi connectivity index (χ2v) is 7.56. The molecule has 0 aliphatic carbocycles. The Labute approximate surface area is 162 Å². The number of ether oxygens (including phenoxy) is 1. The van der Waals surface area contributed by atoms with E-state index in [-0.39, 0.29) is 17.7 Å². The molecule has 4 rings (SSSR count). The van der Waals surface area contributed by atoms with Gasteiger partial charge in [-0.1, -0.05) is 18.2 Å². The fourth-order valence-electron chi connectivity index (χ4n) is 4.74. The van der Waals surface area contributed by atoms with Crippen LogP contribution < -0.4 is 4.74 Å². The SMILES string of the molecule is CN1C2CCC1(/C(=C\C(=O)O)C(=O)O)CC(Oc1ccc3ccccc3n1)C2. The maximum Gasteiger partial charge on any atom is 0.333 e. The molecule has 7 nitrogen and oxygen atoms in total. The van der Waals surface area contributed by atoms with E-state index in [9.17, 15) is 19.8 Å². The number of likely N-dealkylation sites (N-methyl/N-ethyl adjacent to an activating group) is 1. The number of aliphatic carboxylic acids is 2. The van der Waals surface area contributed by atoms with Gasteiger partial charge in [0, 0.05) is 30.0 Å². The molecule has 2 fully saturated rings. The monoisotopic (exact) mass is 382 g/mol. The maximum absolute atomic E-state index is 11.9. The van der Waals surface area contributed by atoms with Crippen LogP contribution in [0.5, 0.6) is 5.88 Å². The number of nitrogens with zero attached hydrogens (tertiary/aromatic N) is 2. The maximum atomic E-state index is 11.9. The van der Waals surface area contributed by atoms with Crippen LogP contribution in [0.2, 0.25) is 0 Å². The van der Waals surface area contributed by atoms with Gasteiger partial charge in [-0.05, 0) is 38.4 Å². The number of benzene rings is 1. The Kier molecular flexibility index (Phi) is 4.55. The number of piperidine rings is 1. The molecule has 1 aromatic carbocycles. The normalized spacial score (nSPS) is 27.7. The lowest BCUT2D eigenvalue weighted by molar-refractivity contribution is -0.137. The molecule has 0 spiro atoms. The summed E-state index contributed by atoms with van der Waals surface area (Å²) in [5.74, 6) is -1.94. The summed E-state index contributed by atoms with van der Waals surface area (Å²) in [6.07, 6.45) is 3.19. The molecule has 0 amide bonds.